The van der Waals surface area contributed by atoms with Crippen LogP contribution >= 0.6 is 23.2 Å². The number of hydrogen-bond acceptors (Lipinski definition) is 1. The van der Waals surface area contributed by atoms with E-state index in [9.17, 15) is 0 Å². The second-order valence-electron chi connectivity index (χ2n) is 3.65. The molecule has 0 bridgehead atoms. The maximum Gasteiger partial charge on any atom is 0.0452 e. The molecule has 0 saturated carbocycles. The monoisotopic (exact) mass is 245 g/mol. The van der Waals surface area contributed by atoms with Crippen molar-refractivity contribution in [2.75, 3.05) is 13.6 Å². The van der Waals surface area contributed by atoms with Crippen LogP contribution in [0.2, 0.25) is 10.0 Å². The molecule has 0 spiro atoms. The highest BCUT2D eigenvalue weighted by molar-refractivity contribution is 6.35. The van der Waals surface area contributed by atoms with Gasteiger partial charge in [-0.3, -0.25) is 0 Å². The summed E-state index contributed by atoms with van der Waals surface area (Å²) in [4.78, 5) is 0. The van der Waals surface area contributed by atoms with Crippen LogP contribution in [0.25, 0.3) is 0 Å². The molecule has 0 aliphatic heterocycles. The highest BCUT2D eigenvalue weighted by atomic mass is 35.5. The van der Waals surface area contributed by atoms with Crippen LogP contribution in [0, 0.1) is 0 Å². The van der Waals surface area contributed by atoms with Crippen LogP contribution in [0.15, 0.2) is 18.2 Å². The zero-order valence-electron chi connectivity index (χ0n) is 9.02. The van der Waals surface area contributed by atoms with E-state index in [0.29, 0.717) is 5.02 Å². The van der Waals surface area contributed by atoms with Gasteiger partial charge in [0.05, 0.1) is 0 Å². The molecule has 0 heterocycles. The van der Waals surface area contributed by atoms with Gasteiger partial charge in [0.25, 0.3) is 0 Å². The Bertz CT molecular complexity index is 300. The van der Waals surface area contributed by atoms with Crippen LogP contribution in [-0.4, -0.2) is 13.6 Å². The predicted molar refractivity (Wildman–Crippen MR) is 67.9 cm³/mol. The third-order valence-corrected chi connectivity index (χ3v) is 2.97. The minimum Gasteiger partial charge on any atom is -0.320 e. The van der Waals surface area contributed by atoms with Gasteiger partial charge in [0.1, 0.15) is 0 Å². The molecule has 0 atom stereocenters. The zero-order valence-corrected chi connectivity index (χ0v) is 10.5. The largest absolute Gasteiger partial charge is 0.320 e. The maximum absolute atomic E-state index is 6.07. The van der Waals surface area contributed by atoms with E-state index in [1.165, 1.54) is 24.8 Å². The summed E-state index contributed by atoms with van der Waals surface area (Å²) in [6, 6.07) is 5.73. The number of aryl methyl sites for hydroxylation is 1. The van der Waals surface area contributed by atoms with Crippen LogP contribution in [0.5, 0.6) is 0 Å². The molecular weight excluding hydrogens is 229 g/mol. The Morgan fingerprint density at radius 3 is 2.60 bits per heavy atom. The molecule has 84 valence electrons. The molecule has 0 saturated heterocycles. The first-order valence-corrected chi connectivity index (χ1v) is 6.08. The van der Waals surface area contributed by atoms with Crippen LogP contribution in [0.3, 0.4) is 0 Å². The third kappa shape index (κ3) is 4.87. The zero-order chi connectivity index (χ0) is 11.1. The summed E-state index contributed by atoms with van der Waals surface area (Å²) >= 11 is 11.9. The minimum atomic E-state index is 0.707. The average Bonchev–Trinajstić information content (AvgIpc) is 2.20. The van der Waals surface area contributed by atoms with Crippen molar-refractivity contribution in [3.8, 4) is 0 Å². The lowest BCUT2D eigenvalue weighted by Gasteiger charge is -2.04. The van der Waals surface area contributed by atoms with Crippen molar-refractivity contribution in [1.82, 2.24) is 5.32 Å². The molecule has 0 aliphatic carbocycles. The summed E-state index contributed by atoms with van der Waals surface area (Å²) < 4.78 is 0. The standard InChI is InChI=1S/C12H17Cl2N/c1-15-8-4-2-3-5-10-6-7-11(13)9-12(10)14/h6-7,9,15H,2-5,8H2,1H3. The number of benzene rings is 1. The molecule has 1 rings (SSSR count). The lowest BCUT2D eigenvalue weighted by atomic mass is 10.1. The van der Waals surface area contributed by atoms with E-state index < -0.39 is 0 Å². The highest BCUT2D eigenvalue weighted by Crippen LogP contribution is 2.22. The fraction of sp³-hybridized carbons (Fsp3) is 0.500. The van der Waals surface area contributed by atoms with Crippen molar-refractivity contribution in [3.05, 3.63) is 33.8 Å². The van der Waals surface area contributed by atoms with Gasteiger partial charge in [-0.05, 0) is 50.6 Å². The normalized spacial score (nSPS) is 10.6. The Kier molecular flexibility index (Phi) is 6.07. The van der Waals surface area contributed by atoms with E-state index in [2.05, 4.69) is 5.32 Å². The number of unbranched alkanes of at least 4 members (excludes halogenated alkanes) is 2. The van der Waals surface area contributed by atoms with E-state index in [1.807, 2.05) is 25.2 Å². The van der Waals surface area contributed by atoms with Gasteiger partial charge in [-0.25, -0.2) is 0 Å². The molecule has 1 aromatic rings. The topological polar surface area (TPSA) is 12.0 Å². The summed E-state index contributed by atoms with van der Waals surface area (Å²) in [7, 11) is 1.98. The van der Waals surface area contributed by atoms with Gasteiger partial charge >= 0.3 is 0 Å². The maximum atomic E-state index is 6.07. The lowest BCUT2D eigenvalue weighted by Crippen LogP contribution is -2.07. The SMILES string of the molecule is CNCCCCCc1ccc(Cl)cc1Cl. The molecule has 1 N–H and O–H groups in total. The summed E-state index contributed by atoms with van der Waals surface area (Å²) in [6.45, 7) is 1.09. The molecule has 0 amide bonds. The number of rotatable bonds is 6. The van der Waals surface area contributed by atoms with Gasteiger partial charge in [0.15, 0.2) is 0 Å². The third-order valence-electron chi connectivity index (χ3n) is 2.39. The predicted octanol–water partition coefficient (Wildman–Crippen LogP) is 3.93. The van der Waals surface area contributed by atoms with Crippen LogP contribution in [-0.2, 0) is 6.42 Å². The van der Waals surface area contributed by atoms with E-state index >= 15 is 0 Å². The summed E-state index contributed by atoms with van der Waals surface area (Å²) in [5.41, 5.74) is 1.20. The van der Waals surface area contributed by atoms with E-state index in [4.69, 9.17) is 23.2 Å². The first-order valence-electron chi connectivity index (χ1n) is 5.32. The molecule has 0 unspecified atom stereocenters. The smallest absolute Gasteiger partial charge is 0.0452 e. The molecule has 0 aromatic heterocycles. The van der Waals surface area contributed by atoms with Gasteiger partial charge in [0.2, 0.25) is 0 Å². The van der Waals surface area contributed by atoms with Crippen molar-refractivity contribution in [2.24, 2.45) is 0 Å². The Morgan fingerprint density at radius 1 is 1.13 bits per heavy atom. The van der Waals surface area contributed by atoms with Crippen molar-refractivity contribution in [1.29, 1.82) is 0 Å². The van der Waals surface area contributed by atoms with Gasteiger partial charge in [-0.1, -0.05) is 35.7 Å². The quantitative estimate of drug-likeness (QED) is 0.750. The summed E-state index contributed by atoms with van der Waals surface area (Å²) in [5, 5.41) is 4.64. The Hall–Kier alpha value is -0.240. The molecule has 15 heavy (non-hydrogen) atoms. The van der Waals surface area contributed by atoms with Gasteiger partial charge in [0, 0.05) is 10.0 Å². The molecule has 0 aliphatic rings. The van der Waals surface area contributed by atoms with Gasteiger partial charge in [-0.2, -0.15) is 0 Å². The number of hydrogen-bond donors (Lipinski definition) is 1. The highest BCUT2D eigenvalue weighted by Gasteiger charge is 2.00. The number of nitrogens with one attached hydrogen (secondary N) is 1. The fourth-order valence-electron chi connectivity index (χ4n) is 1.52. The van der Waals surface area contributed by atoms with Crippen LogP contribution < -0.4 is 5.32 Å². The summed E-state index contributed by atoms with van der Waals surface area (Å²) in [5.74, 6) is 0. The first kappa shape index (κ1) is 12.8. The molecular formula is C12H17Cl2N. The summed E-state index contributed by atoms with van der Waals surface area (Å²) in [6.07, 6.45) is 4.68. The lowest BCUT2D eigenvalue weighted by molar-refractivity contribution is 0.642. The first-order chi connectivity index (χ1) is 7.24. The van der Waals surface area contributed by atoms with E-state index in [1.54, 1.807) is 0 Å². The second kappa shape index (κ2) is 7.10. The Labute approximate surface area is 102 Å². The Morgan fingerprint density at radius 2 is 1.93 bits per heavy atom. The van der Waals surface area contributed by atoms with Crippen molar-refractivity contribution >= 4 is 23.2 Å². The minimum absolute atomic E-state index is 0.707. The second-order valence-corrected chi connectivity index (χ2v) is 4.49. The van der Waals surface area contributed by atoms with Gasteiger partial charge < -0.3 is 5.32 Å². The average molecular weight is 246 g/mol. The number of halogens is 2. The van der Waals surface area contributed by atoms with E-state index in [-0.39, 0.29) is 0 Å². The van der Waals surface area contributed by atoms with Crippen molar-refractivity contribution in [2.45, 2.75) is 25.7 Å². The fourth-order valence-corrected chi connectivity index (χ4v) is 2.02. The van der Waals surface area contributed by atoms with Crippen molar-refractivity contribution in [3.63, 3.8) is 0 Å². The van der Waals surface area contributed by atoms with Crippen molar-refractivity contribution < 1.29 is 0 Å². The van der Waals surface area contributed by atoms with Crippen LogP contribution in [0.4, 0.5) is 0 Å². The molecule has 0 radical (unpaired) electrons. The van der Waals surface area contributed by atoms with Gasteiger partial charge in [-0.15, -0.1) is 0 Å². The Balaban J connectivity index is 2.31. The molecule has 1 aromatic carbocycles. The van der Waals surface area contributed by atoms with E-state index in [0.717, 1.165) is 18.0 Å². The van der Waals surface area contributed by atoms with Crippen LogP contribution in [0.1, 0.15) is 24.8 Å². The molecule has 3 heteroatoms. The molecule has 1 nitrogen and oxygen atoms in total. The molecule has 0 fully saturated rings.